The van der Waals surface area contributed by atoms with Gasteiger partial charge in [0.1, 0.15) is 17.1 Å². The van der Waals surface area contributed by atoms with E-state index < -0.39 is 8.07 Å². The van der Waals surface area contributed by atoms with Gasteiger partial charge in [-0.3, -0.25) is 14.5 Å². The molecule has 3 aromatic heterocycles. The number of aryl methyl sites for hydroxylation is 2. The van der Waals surface area contributed by atoms with Gasteiger partial charge in [0, 0.05) is 29.1 Å². The van der Waals surface area contributed by atoms with Gasteiger partial charge in [-0.2, -0.15) is 0 Å². The van der Waals surface area contributed by atoms with E-state index in [1.54, 1.807) is 0 Å². The fourth-order valence-corrected chi connectivity index (χ4v) is 9.84. The number of hydrogen-bond acceptors (Lipinski definition) is 4. The smallest absolute Gasteiger partial charge is 0.149 e. The molecule has 0 spiro atoms. The van der Waals surface area contributed by atoms with E-state index in [1.807, 2.05) is 6.20 Å². The number of aromatic hydroxyl groups is 1. The number of imidazole rings is 1. The Morgan fingerprint density at radius 1 is 0.583 bits per heavy atom. The molecule has 0 aliphatic heterocycles. The van der Waals surface area contributed by atoms with Crippen molar-refractivity contribution < 1.29 is 5.11 Å². The third-order valence-corrected chi connectivity index (χ3v) is 13.7. The zero-order chi connectivity index (χ0) is 42.7. The molecule has 0 saturated carbocycles. The van der Waals surface area contributed by atoms with E-state index in [2.05, 4.69) is 207 Å². The standard InChI is InChI=1S/C54H56N4OSi/c1-34-19-18-20-35(2)50(34)58-46-25-26-55-48(49(46)57-52(58)43-30-41(53(3,4)5)31-44(51(43)59)54(6,7)8)40-28-38(36-21-14-12-15-22-36)27-39(29-40)45-32-42(37-23-16-13-17-24-37)47(33-56-45)60(9,10)11/h12-33,59H,1-11H3. The van der Waals surface area contributed by atoms with Crippen molar-refractivity contribution in [2.75, 3.05) is 0 Å². The molecule has 5 aromatic carbocycles. The van der Waals surface area contributed by atoms with Gasteiger partial charge in [0.25, 0.3) is 0 Å². The Morgan fingerprint density at radius 3 is 1.82 bits per heavy atom. The molecule has 5 nitrogen and oxygen atoms in total. The normalized spacial score (nSPS) is 12.3. The number of phenols is 1. The number of para-hydroxylation sites is 1. The van der Waals surface area contributed by atoms with Gasteiger partial charge < -0.3 is 5.11 Å². The molecule has 8 rings (SSSR count). The van der Waals surface area contributed by atoms with Crippen LogP contribution in [0.2, 0.25) is 19.6 Å². The van der Waals surface area contributed by atoms with Crippen molar-refractivity contribution in [3.05, 3.63) is 156 Å². The lowest BCUT2D eigenvalue weighted by Gasteiger charge is -2.27. The van der Waals surface area contributed by atoms with Crippen molar-refractivity contribution in [1.82, 2.24) is 19.5 Å². The molecule has 1 N–H and O–H groups in total. The number of hydrogen-bond donors (Lipinski definition) is 1. The Hall–Kier alpha value is -6.11. The van der Waals surface area contributed by atoms with Gasteiger partial charge in [0.05, 0.1) is 36.2 Å². The highest BCUT2D eigenvalue weighted by Gasteiger charge is 2.30. The Kier molecular flexibility index (Phi) is 10.3. The van der Waals surface area contributed by atoms with Crippen LogP contribution >= 0.6 is 0 Å². The minimum absolute atomic E-state index is 0.166. The minimum atomic E-state index is -1.74. The maximum absolute atomic E-state index is 12.3. The Morgan fingerprint density at radius 2 is 1.20 bits per heavy atom. The van der Waals surface area contributed by atoms with E-state index in [0.29, 0.717) is 11.4 Å². The summed E-state index contributed by atoms with van der Waals surface area (Å²) >= 11 is 0. The molecular weight excluding hydrogens is 749 g/mol. The fraction of sp³-hybridized carbons (Fsp3) is 0.241. The zero-order valence-electron chi connectivity index (χ0n) is 36.9. The van der Waals surface area contributed by atoms with E-state index in [0.717, 1.165) is 72.6 Å². The topological polar surface area (TPSA) is 63.8 Å². The lowest BCUT2D eigenvalue weighted by atomic mass is 9.79. The van der Waals surface area contributed by atoms with E-state index in [-0.39, 0.29) is 16.6 Å². The second kappa shape index (κ2) is 15.2. The molecule has 0 fully saturated rings. The first kappa shape index (κ1) is 40.7. The first-order chi connectivity index (χ1) is 28.4. The summed E-state index contributed by atoms with van der Waals surface area (Å²) in [6, 6.07) is 42.9. The highest BCUT2D eigenvalue weighted by atomic mass is 28.3. The molecule has 60 heavy (non-hydrogen) atoms. The molecule has 0 saturated heterocycles. The van der Waals surface area contributed by atoms with Crippen LogP contribution in [-0.2, 0) is 10.8 Å². The zero-order valence-corrected chi connectivity index (χ0v) is 37.9. The summed E-state index contributed by atoms with van der Waals surface area (Å²) in [6.45, 7) is 24.6. The van der Waals surface area contributed by atoms with Crippen molar-refractivity contribution in [2.24, 2.45) is 0 Å². The molecule has 0 bridgehead atoms. The van der Waals surface area contributed by atoms with Crippen LogP contribution in [0.3, 0.4) is 0 Å². The second-order valence-electron chi connectivity index (χ2n) is 19.4. The quantitative estimate of drug-likeness (QED) is 0.163. The van der Waals surface area contributed by atoms with Crippen LogP contribution in [0.5, 0.6) is 5.75 Å². The summed E-state index contributed by atoms with van der Waals surface area (Å²) in [4.78, 5) is 15.9. The van der Waals surface area contributed by atoms with Crippen LogP contribution in [0.25, 0.3) is 72.9 Å². The maximum Gasteiger partial charge on any atom is 0.149 e. The number of pyridine rings is 2. The monoisotopic (exact) mass is 804 g/mol. The van der Waals surface area contributed by atoms with Crippen LogP contribution in [0.15, 0.2) is 134 Å². The van der Waals surface area contributed by atoms with Gasteiger partial charge in [0.15, 0.2) is 0 Å². The van der Waals surface area contributed by atoms with E-state index >= 15 is 0 Å². The van der Waals surface area contributed by atoms with Gasteiger partial charge in [-0.15, -0.1) is 0 Å². The fourth-order valence-electron chi connectivity index (χ4n) is 8.37. The summed E-state index contributed by atoms with van der Waals surface area (Å²) in [5.41, 5.74) is 15.4. The predicted molar refractivity (Wildman–Crippen MR) is 255 cm³/mol. The Balaban J connectivity index is 1.44. The number of benzene rings is 5. The number of rotatable bonds is 7. The van der Waals surface area contributed by atoms with Gasteiger partial charge in [-0.05, 0) is 105 Å². The number of aromatic nitrogens is 4. The van der Waals surface area contributed by atoms with Crippen molar-refractivity contribution >= 4 is 24.3 Å². The Labute approximate surface area is 356 Å². The van der Waals surface area contributed by atoms with Crippen LogP contribution in [-0.4, -0.2) is 32.7 Å². The molecule has 302 valence electrons. The minimum Gasteiger partial charge on any atom is -0.507 e. The molecular formula is C54H56N4OSi. The summed E-state index contributed by atoms with van der Waals surface area (Å²) in [7, 11) is -1.74. The first-order valence-corrected chi connectivity index (χ1v) is 24.5. The summed E-state index contributed by atoms with van der Waals surface area (Å²) in [5.74, 6) is 0.935. The molecule has 3 heterocycles. The molecule has 8 aromatic rings. The highest BCUT2D eigenvalue weighted by molar-refractivity contribution is 6.89. The van der Waals surface area contributed by atoms with Crippen molar-refractivity contribution in [2.45, 2.75) is 85.9 Å². The third-order valence-electron chi connectivity index (χ3n) is 11.7. The van der Waals surface area contributed by atoms with Crippen LogP contribution < -0.4 is 5.19 Å². The molecule has 0 unspecified atom stereocenters. The number of nitrogens with zero attached hydrogens (tertiary/aromatic N) is 4. The average Bonchev–Trinajstić information content (AvgIpc) is 3.59. The molecule has 0 aliphatic rings. The van der Waals surface area contributed by atoms with E-state index in [9.17, 15) is 5.11 Å². The molecule has 0 atom stereocenters. The SMILES string of the molecule is Cc1cccc(C)c1-n1c(-c2cc(C(C)(C)C)cc(C(C)(C)C)c2O)nc2c(-c3cc(-c4ccccc4)cc(-c4cc(-c5ccccc5)c([Si](C)(C)C)cn4)c3)nccc21. The van der Waals surface area contributed by atoms with Gasteiger partial charge in [-0.25, -0.2) is 4.98 Å². The van der Waals surface area contributed by atoms with Crippen LogP contribution in [0, 0.1) is 13.8 Å². The van der Waals surface area contributed by atoms with Crippen molar-refractivity contribution in [3.63, 3.8) is 0 Å². The lowest BCUT2D eigenvalue weighted by Crippen LogP contribution is -2.39. The van der Waals surface area contributed by atoms with Crippen molar-refractivity contribution in [1.29, 1.82) is 0 Å². The average molecular weight is 805 g/mol. The number of fused-ring (bicyclic) bond motifs is 1. The van der Waals surface area contributed by atoms with Crippen LogP contribution in [0.1, 0.15) is 63.8 Å². The van der Waals surface area contributed by atoms with E-state index in [4.69, 9.17) is 15.0 Å². The first-order valence-electron chi connectivity index (χ1n) is 21.0. The second-order valence-corrected chi connectivity index (χ2v) is 24.4. The highest BCUT2D eigenvalue weighted by Crippen LogP contribution is 2.45. The predicted octanol–water partition coefficient (Wildman–Crippen LogP) is 13.6. The lowest BCUT2D eigenvalue weighted by molar-refractivity contribution is 0.446. The van der Waals surface area contributed by atoms with E-state index in [1.165, 1.54) is 16.3 Å². The van der Waals surface area contributed by atoms with Gasteiger partial charge in [0.2, 0.25) is 0 Å². The third kappa shape index (κ3) is 7.61. The Bertz CT molecular complexity index is 2870. The van der Waals surface area contributed by atoms with Crippen LogP contribution in [0.4, 0.5) is 0 Å². The summed E-state index contributed by atoms with van der Waals surface area (Å²) < 4.78 is 2.24. The van der Waals surface area contributed by atoms with Crippen molar-refractivity contribution in [3.8, 4) is 67.6 Å². The molecule has 6 heteroatoms. The molecule has 0 amide bonds. The summed E-state index contributed by atoms with van der Waals surface area (Å²) in [5, 5.41) is 13.6. The maximum atomic E-state index is 12.3. The summed E-state index contributed by atoms with van der Waals surface area (Å²) in [6.07, 6.45) is 4.00. The molecule has 0 aliphatic carbocycles. The molecule has 0 radical (unpaired) electrons. The van der Waals surface area contributed by atoms with Gasteiger partial charge in [-0.1, -0.05) is 146 Å². The largest absolute Gasteiger partial charge is 0.507 e. The number of phenolic OH excluding ortho intramolecular Hbond substituents is 1. The van der Waals surface area contributed by atoms with Gasteiger partial charge >= 0.3 is 0 Å².